The molecule has 1 aliphatic carbocycles. The molecule has 2 rings (SSSR count). The maximum absolute atomic E-state index is 11.8. The van der Waals surface area contributed by atoms with Crippen LogP contribution < -0.4 is 5.32 Å². The molecular formula is C11H16N2O2S. The van der Waals surface area contributed by atoms with Crippen LogP contribution >= 0.6 is 11.3 Å². The van der Waals surface area contributed by atoms with Crippen molar-refractivity contribution in [2.24, 2.45) is 0 Å². The number of rotatable bonds is 3. The molecule has 0 atom stereocenters. The molecule has 1 aromatic rings. The van der Waals surface area contributed by atoms with E-state index in [4.69, 9.17) is 0 Å². The topological polar surface area (TPSA) is 62.2 Å². The van der Waals surface area contributed by atoms with E-state index in [0.717, 1.165) is 30.0 Å². The predicted octanol–water partition coefficient (Wildman–Crippen LogP) is 1.40. The van der Waals surface area contributed by atoms with Crippen LogP contribution in [0.15, 0.2) is 0 Å². The summed E-state index contributed by atoms with van der Waals surface area (Å²) in [6.07, 6.45) is 2.62. The third-order valence-electron chi connectivity index (χ3n) is 2.97. The second-order valence-corrected chi connectivity index (χ2v) is 5.61. The molecule has 16 heavy (non-hydrogen) atoms. The van der Waals surface area contributed by atoms with Crippen LogP contribution in [-0.4, -0.2) is 28.1 Å². The Labute approximate surface area is 98.7 Å². The Bertz CT molecular complexity index is 410. The van der Waals surface area contributed by atoms with Gasteiger partial charge in [-0.2, -0.15) is 0 Å². The Morgan fingerprint density at radius 1 is 1.56 bits per heavy atom. The highest BCUT2D eigenvalue weighted by molar-refractivity contribution is 7.13. The van der Waals surface area contributed by atoms with E-state index in [0.29, 0.717) is 11.4 Å². The van der Waals surface area contributed by atoms with Crippen LogP contribution in [-0.2, 0) is 0 Å². The Kier molecular flexibility index (Phi) is 2.99. The van der Waals surface area contributed by atoms with Crippen LogP contribution in [0.2, 0.25) is 0 Å². The van der Waals surface area contributed by atoms with Gasteiger partial charge in [-0.3, -0.25) is 4.79 Å². The van der Waals surface area contributed by atoms with Gasteiger partial charge in [-0.25, -0.2) is 4.98 Å². The second kappa shape index (κ2) is 4.14. The number of carbonyl (C=O) groups excluding carboxylic acids is 1. The van der Waals surface area contributed by atoms with E-state index < -0.39 is 5.60 Å². The van der Waals surface area contributed by atoms with Crippen molar-refractivity contribution in [1.29, 1.82) is 0 Å². The Morgan fingerprint density at radius 2 is 2.25 bits per heavy atom. The normalized spacial score (nSPS) is 17.9. The summed E-state index contributed by atoms with van der Waals surface area (Å²) in [4.78, 5) is 16.7. The number of amides is 1. The van der Waals surface area contributed by atoms with Crippen LogP contribution in [0, 0.1) is 13.8 Å². The quantitative estimate of drug-likeness (QED) is 0.839. The number of thiazole rings is 1. The largest absolute Gasteiger partial charge is 0.388 e. The van der Waals surface area contributed by atoms with Gasteiger partial charge in [-0.05, 0) is 33.1 Å². The summed E-state index contributed by atoms with van der Waals surface area (Å²) in [5.74, 6) is -0.122. The summed E-state index contributed by atoms with van der Waals surface area (Å²) in [5.41, 5.74) is 0.101. The zero-order valence-corrected chi connectivity index (χ0v) is 10.4. The smallest absolute Gasteiger partial charge is 0.263 e. The summed E-state index contributed by atoms with van der Waals surface area (Å²) in [7, 11) is 0. The predicted molar refractivity (Wildman–Crippen MR) is 62.7 cm³/mol. The molecule has 0 saturated heterocycles. The van der Waals surface area contributed by atoms with Gasteiger partial charge in [0.15, 0.2) is 0 Å². The first kappa shape index (κ1) is 11.5. The molecule has 1 aliphatic rings. The van der Waals surface area contributed by atoms with Crippen molar-refractivity contribution >= 4 is 17.2 Å². The third-order valence-corrected chi connectivity index (χ3v) is 4.04. The number of aryl methyl sites for hydroxylation is 2. The summed E-state index contributed by atoms with van der Waals surface area (Å²) in [6, 6.07) is 0. The molecule has 88 valence electrons. The fourth-order valence-electron chi connectivity index (χ4n) is 1.83. The molecule has 0 aromatic carbocycles. The Balaban J connectivity index is 1.95. The molecule has 1 fully saturated rings. The standard InChI is InChI=1S/C11H16N2O2S/c1-7-9(16-8(2)13-7)10(14)12-6-11(15)4-3-5-11/h15H,3-6H2,1-2H3,(H,12,14). The molecule has 0 spiro atoms. The second-order valence-electron chi connectivity index (χ2n) is 4.41. The molecule has 0 bridgehead atoms. The summed E-state index contributed by atoms with van der Waals surface area (Å²) < 4.78 is 0. The number of aliphatic hydroxyl groups is 1. The number of aromatic nitrogens is 1. The van der Waals surface area contributed by atoms with Crippen molar-refractivity contribution in [2.75, 3.05) is 6.54 Å². The van der Waals surface area contributed by atoms with Crippen molar-refractivity contribution < 1.29 is 9.90 Å². The minimum absolute atomic E-state index is 0.122. The molecule has 5 heteroatoms. The number of nitrogens with one attached hydrogen (secondary N) is 1. The fraction of sp³-hybridized carbons (Fsp3) is 0.636. The van der Waals surface area contributed by atoms with Crippen LogP contribution in [0.4, 0.5) is 0 Å². The van der Waals surface area contributed by atoms with E-state index in [9.17, 15) is 9.90 Å². The molecule has 2 N–H and O–H groups in total. The van der Waals surface area contributed by atoms with Gasteiger partial charge in [-0.15, -0.1) is 11.3 Å². The zero-order valence-electron chi connectivity index (χ0n) is 9.54. The lowest BCUT2D eigenvalue weighted by molar-refractivity contribution is -0.0300. The lowest BCUT2D eigenvalue weighted by Gasteiger charge is -2.36. The monoisotopic (exact) mass is 240 g/mol. The van der Waals surface area contributed by atoms with E-state index in [1.807, 2.05) is 13.8 Å². The van der Waals surface area contributed by atoms with Crippen LogP contribution in [0.3, 0.4) is 0 Å². The fourth-order valence-corrected chi connectivity index (χ4v) is 2.66. The maximum Gasteiger partial charge on any atom is 0.263 e. The van der Waals surface area contributed by atoms with Gasteiger partial charge >= 0.3 is 0 Å². The van der Waals surface area contributed by atoms with Crippen molar-refractivity contribution in [3.8, 4) is 0 Å². The van der Waals surface area contributed by atoms with Gasteiger partial charge in [0.1, 0.15) is 4.88 Å². The van der Waals surface area contributed by atoms with Crippen molar-refractivity contribution in [2.45, 2.75) is 38.7 Å². The van der Waals surface area contributed by atoms with Gasteiger partial charge in [0.05, 0.1) is 16.3 Å². The van der Waals surface area contributed by atoms with E-state index >= 15 is 0 Å². The highest BCUT2D eigenvalue weighted by Gasteiger charge is 2.34. The zero-order chi connectivity index (χ0) is 11.8. The summed E-state index contributed by atoms with van der Waals surface area (Å²) in [6.45, 7) is 4.06. The lowest BCUT2D eigenvalue weighted by atomic mass is 9.80. The number of carbonyl (C=O) groups is 1. The number of hydrogen-bond donors (Lipinski definition) is 2. The number of nitrogens with zero attached hydrogens (tertiary/aromatic N) is 1. The minimum atomic E-state index is -0.663. The van der Waals surface area contributed by atoms with E-state index in [-0.39, 0.29) is 5.91 Å². The first-order valence-corrected chi connectivity index (χ1v) is 6.26. The molecule has 1 amide bonds. The van der Waals surface area contributed by atoms with Crippen LogP contribution in [0.25, 0.3) is 0 Å². The van der Waals surface area contributed by atoms with Gasteiger partial charge in [0.2, 0.25) is 0 Å². The van der Waals surface area contributed by atoms with Crippen LogP contribution in [0.1, 0.15) is 39.6 Å². The lowest BCUT2D eigenvalue weighted by Crippen LogP contribution is -2.47. The average Bonchev–Trinajstić information content (AvgIpc) is 2.51. The van der Waals surface area contributed by atoms with Gasteiger partial charge in [0, 0.05) is 6.54 Å². The van der Waals surface area contributed by atoms with Crippen molar-refractivity contribution in [3.63, 3.8) is 0 Å². The molecule has 0 unspecified atom stereocenters. The molecule has 1 saturated carbocycles. The molecule has 4 nitrogen and oxygen atoms in total. The van der Waals surface area contributed by atoms with Crippen molar-refractivity contribution in [3.05, 3.63) is 15.6 Å². The first-order chi connectivity index (χ1) is 7.50. The number of hydrogen-bond acceptors (Lipinski definition) is 4. The molecule has 0 radical (unpaired) electrons. The summed E-state index contributed by atoms with van der Waals surface area (Å²) >= 11 is 1.39. The molecular weight excluding hydrogens is 224 g/mol. The van der Waals surface area contributed by atoms with Gasteiger partial charge in [0.25, 0.3) is 5.91 Å². The van der Waals surface area contributed by atoms with Crippen LogP contribution in [0.5, 0.6) is 0 Å². The SMILES string of the molecule is Cc1nc(C)c(C(=O)NCC2(O)CCC2)s1. The Morgan fingerprint density at radius 3 is 2.69 bits per heavy atom. The molecule has 1 aromatic heterocycles. The average molecular weight is 240 g/mol. The van der Waals surface area contributed by atoms with E-state index in [2.05, 4.69) is 10.3 Å². The Hall–Kier alpha value is -0.940. The van der Waals surface area contributed by atoms with E-state index in [1.54, 1.807) is 0 Å². The summed E-state index contributed by atoms with van der Waals surface area (Å²) in [5, 5.41) is 13.5. The van der Waals surface area contributed by atoms with Crippen molar-refractivity contribution in [1.82, 2.24) is 10.3 Å². The highest BCUT2D eigenvalue weighted by atomic mass is 32.1. The minimum Gasteiger partial charge on any atom is -0.388 e. The maximum atomic E-state index is 11.8. The van der Waals surface area contributed by atoms with E-state index in [1.165, 1.54) is 11.3 Å². The highest BCUT2D eigenvalue weighted by Crippen LogP contribution is 2.30. The first-order valence-electron chi connectivity index (χ1n) is 5.45. The third kappa shape index (κ3) is 2.25. The van der Waals surface area contributed by atoms with Gasteiger partial charge < -0.3 is 10.4 Å². The molecule has 1 heterocycles. The molecule has 0 aliphatic heterocycles. The van der Waals surface area contributed by atoms with Gasteiger partial charge in [-0.1, -0.05) is 0 Å².